The molecule has 2 rings (SSSR count). The molecule has 7 heteroatoms. The average molecular weight is 293 g/mol. The number of nitrogens with one attached hydrogen (secondary N) is 2. The summed E-state index contributed by atoms with van der Waals surface area (Å²) < 4.78 is 26.8. The number of sulfonamides is 1. The number of carbonyl (C=O) groups excluding carboxylic acids is 1. The lowest BCUT2D eigenvalue weighted by Crippen LogP contribution is -2.45. The Morgan fingerprint density at radius 1 is 1.25 bits per heavy atom. The van der Waals surface area contributed by atoms with E-state index in [1.807, 2.05) is 6.07 Å². The van der Waals surface area contributed by atoms with Crippen LogP contribution in [0.25, 0.3) is 0 Å². The van der Waals surface area contributed by atoms with Crippen LogP contribution in [0.3, 0.4) is 0 Å². The zero-order valence-electron chi connectivity index (χ0n) is 10.8. The van der Waals surface area contributed by atoms with Crippen LogP contribution in [0.5, 0.6) is 0 Å². The molecule has 1 saturated heterocycles. The number of carbonyl (C=O) groups is 1. The summed E-state index contributed by atoms with van der Waals surface area (Å²) in [7, 11) is -3.75. The van der Waals surface area contributed by atoms with Crippen molar-refractivity contribution in [3.63, 3.8) is 0 Å². The van der Waals surface area contributed by atoms with Gasteiger partial charge in [-0.1, -0.05) is 0 Å². The summed E-state index contributed by atoms with van der Waals surface area (Å²) in [4.78, 5) is 11.8. The molecule has 106 valence electrons. The highest BCUT2D eigenvalue weighted by Gasteiger charge is 2.26. The van der Waals surface area contributed by atoms with E-state index in [-0.39, 0.29) is 10.8 Å². The molecule has 20 heavy (non-hydrogen) atoms. The normalized spacial score (nSPS) is 19.8. The summed E-state index contributed by atoms with van der Waals surface area (Å²) in [5, 5.41) is 11.4. The van der Waals surface area contributed by atoms with Gasteiger partial charge in [0, 0.05) is 6.54 Å². The SMILES string of the molecule is N#Cc1ccc(S(=O)(=O)N[C@@H]2CCCCNC2=O)cc1. The number of nitrogens with zero attached hydrogens (tertiary/aromatic N) is 1. The standard InChI is InChI=1S/C13H15N3O3S/c14-9-10-4-6-11(7-5-10)20(18,19)16-12-3-1-2-8-15-13(12)17/h4-7,12,16H,1-3,8H2,(H,15,17)/t12-/m1/s1. The Morgan fingerprint density at radius 2 is 1.95 bits per heavy atom. The molecule has 1 atom stereocenters. The Bertz CT molecular complexity index is 632. The smallest absolute Gasteiger partial charge is 0.241 e. The van der Waals surface area contributed by atoms with Crippen LogP contribution < -0.4 is 10.0 Å². The van der Waals surface area contributed by atoms with Crippen molar-refractivity contribution in [3.8, 4) is 6.07 Å². The lowest BCUT2D eigenvalue weighted by atomic mass is 10.1. The fourth-order valence-corrected chi connectivity index (χ4v) is 3.25. The number of amides is 1. The lowest BCUT2D eigenvalue weighted by Gasteiger charge is -2.15. The summed E-state index contributed by atoms with van der Waals surface area (Å²) in [6.45, 7) is 0.577. The Kier molecular flexibility index (Phi) is 4.37. The summed E-state index contributed by atoms with van der Waals surface area (Å²) in [5.74, 6) is -0.292. The van der Waals surface area contributed by atoms with Gasteiger partial charge >= 0.3 is 0 Å². The summed E-state index contributed by atoms with van der Waals surface area (Å²) >= 11 is 0. The summed E-state index contributed by atoms with van der Waals surface area (Å²) in [6.07, 6.45) is 2.13. The van der Waals surface area contributed by atoms with E-state index in [4.69, 9.17) is 5.26 Å². The van der Waals surface area contributed by atoms with E-state index in [0.717, 1.165) is 12.8 Å². The summed E-state index contributed by atoms with van der Waals surface area (Å²) in [5.41, 5.74) is 0.385. The molecule has 2 N–H and O–H groups in total. The second-order valence-electron chi connectivity index (χ2n) is 4.60. The van der Waals surface area contributed by atoms with Crippen molar-refractivity contribution in [3.05, 3.63) is 29.8 Å². The molecule has 1 aliphatic heterocycles. The molecule has 0 aliphatic carbocycles. The number of nitriles is 1. The molecule has 0 unspecified atom stereocenters. The zero-order valence-corrected chi connectivity index (χ0v) is 11.6. The highest BCUT2D eigenvalue weighted by Crippen LogP contribution is 2.13. The lowest BCUT2D eigenvalue weighted by molar-refractivity contribution is -0.122. The summed E-state index contributed by atoms with van der Waals surface area (Å²) in [6, 6.07) is 6.76. The Labute approximate surface area is 117 Å². The van der Waals surface area contributed by atoms with Crippen LogP contribution >= 0.6 is 0 Å². The predicted molar refractivity (Wildman–Crippen MR) is 72.1 cm³/mol. The number of hydrogen-bond acceptors (Lipinski definition) is 4. The molecule has 0 spiro atoms. The van der Waals surface area contributed by atoms with Crippen LogP contribution in [0.15, 0.2) is 29.2 Å². The van der Waals surface area contributed by atoms with Gasteiger partial charge in [-0.05, 0) is 43.5 Å². The van der Waals surface area contributed by atoms with Crippen LogP contribution in [0.4, 0.5) is 0 Å². The predicted octanol–water partition coefficient (Wildman–Crippen LogP) is 0.505. The van der Waals surface area contributed by atoms with Crippen molar-refractivity contribution in [2.45, 2.75) is 30.2 Å². The largest absolute Gasteiger partial charge is 0.355 e. The first-order valence-electron chi connectivity index (χ1n) is 6.33. The molecule has 0 bridgehead atoms. The minimum Gasteiger partial charge on any atom is -0.355 e. The van der Waals surface area contributed by atoms with Crippen molar-refractivity contribution in [2.75, 3.05) is 6.54 Å². The first-order chi connectivity index (χ1) is 9.53. The van der Waals surface area contributed by atoms with E-state index in [0.29, 0.717) is 18.5 Å². The molecule has 0 saturated carbocycles. The van der Waals surface area contributed by atoms with Gasteiger partial charge in [-0.3, -0.25) is 4.79 Å². The molecule has 1 aromatic rings. The second kappa shape index (κ2) is 6.03. The van der Waals surface area contributed by atoms with E-state index < -0.39 is 16.1 Å². The molecule has 1 aromatic carbocycles. The second-order valence-corrected chi connectivity index (χ2v) is 6.31. The van der Waals surface area contributed by atoms with Crippen molar-refractivity contribution in [2.24, 2.45) is 0 Å². The van der Waals surface area contributed by atoms with E-state index >= 15 is 0 Å². The van der Waals surface area contributed by atoms with Crippen molar-refractivity contribution >= 4 is 15.9 Å². The van der Waals surface area contributed by atoms with E-state index in [9.17, 15) is 13.2 Å². The topological polar surface area (TPSA) is 99.1 Å². The maximum absolute atomic E-state index is 12.2. The molecule has 1 heterocycles. The third-order valence-electron chi connectivity index (χ3n) is 3.13. The third-order valence-corrected chi connectivity index (χ3v) is 4.61. The van der Waals surface area contributed by atoms with Crippen molar-refractivity contribution < 1.29 is 13.2 Å². The van der Waals surface area contributed by atoms with Gasteiger partial charge in [0.15, 0.2) is 0 Å². The van der Waals surface area contributed by atoms with Crippen molar-refractivity contribution in [1.29, 1.82) is 5.26 Å². The molecule has 1 amide bonds. The molecule has 6 nitrogen and oxygen atoms in total. The van der Waals surface area contributed by atoms with Crippen LogP contribution in [0, 0.1) is 11.3 Å². The van der Waals surface area contributed by atoms with Crippen LogP contribution in [-0.4, -0.2) is 26.9 Å². The first kappa shape index (κ1) is 14.5. The Balaban J connectivity index is 2.17. The van der Waals surface area contributed by atoms with Gasteiger partial charge in [0.2, 0.25) is 15.9 Å². The number of hydrogen-bond donors (Lipinski definition) is 2. The van der Waals surface area contributed by atoms with Gasteiger partial charge in [0.1, 0.15) is 6.04 Å². The highest BCUT2D eigenvalue weighted by atomic mass is 32.2. The first-order valence-corrected chi connectivity index (χ1v) is 7.81. The molecular weight excluding hydrogens is 278 g/mol. The maximum Gasteiger partial charge on any atom is 0.241 e. The van der Waals surface area contributed by atoms with Gasteiger partial charge in [-0.25, -0.2) is 8.42 Å². The Hall–Kier alpha value is -1.91. The number of benzene rings is 1. The molecular formula is C13H15N3O3S. The van der Waals surface area contributed by atoms with Crippen LogP contribution in [-0.2, 0) is 14.8 Å². The maximum atomic E-state index is 12.2. The quantitative estimate of drug-likeness (QED) is 0.848. The molecule has 1 fully saturated rings. The monoisotopic (exact) mass is 293 g/mol. The average Bonchev–Trinajstić information content (AvgIpc) is 2.64. The highest BCUT2D eigenvalue weighted by molar-refractivity contribution is 7.89. The number of rotatable bonds is 3. The zero-order chi connectivity index (χ0) is 14.6. The van der Waals surface area contributed by atoms with Gasteiger partial charge < -0.3 is 5.32 Å². The molecule has 0 aromatic heterocycles. The Morgan fingerprint density at radius 3 is 2.60 bits per heavy atom. The fraction of sp³-hybridized carbons (Fsp3) is 0.385. The van der Waals surface area contributed by atoms with E-state index in [1.54, 1.807) is 0 Å². The minimum absolute atomic E-state index is 0.0496. The van der Waals surface area contributed by atoms with Gasteiger partial charge in [-0.15, -0.1) is 0 Å². The molecule has 0 radical (unpaired) electrons. The van der Waals surface area contributed by atoms with Gasteiger partial charge in [-0.2, -0.15) is 9.98 Å². The van der Waals surface area contributed by atoms with Gasteiger partial charge in [0.05, 0.1) is 16.5 Å². The van der Waals surface area contributed by atoms with Gasteiger partial charge in [0.25, 0.3) is 0 Å². The fourth-order valence-electron chi connectivity index (χ4n) is 2.02. The van der Waals surface area contributed by atoms with Crippen molar-refractivity contribution in [1.82, 2.24) is 10.0 Å². The third kappa shape index (κ3) is 3.35. The van der Waals surface area contributed by atoms with Crippen LogP contribution in [0.1, 0.15) is 24.8 Å². The van der Waals surface area contributed by atoms with E-state index in [2.05, 4.69) is 10.0 Å². The minimum atomic E-state index is -3.75. The van der Waals surface area contributed by atoms with E-state index in [1.165, 1.54) is 24.3 Å². The van der Waals surface area contributed by atoms with Crippen LogP contribution in [0.2, 0.25) is 0 Å². The molecule has 1 aliphatic rings.